The van der Waals surface area contributed by atoms with Crippen molar-refractivity contribution in [2.75, 3.05) is 20.2 Å². The zero-order chi connectivity index (χ0) is 17.1. The number of nitrogens with zero attached hydrogens (tertiary/aromatic N) is 4. The van der Waals surface area contributed by atoms with Gasteiger partial charge in [-0.1, -0.05) is 17.3 Å². The highest BCUT2D eigenvalue weighted by Gasteiger charge is 2.24. The van der Waals surface area contributed by atoms with Gasteiger partial charge < -0.3 is 9.26 Å². The van der Waals surface area contributed by atoms with Crippen LogP contribution in [0, 0.1) is 0 Å². The van der Waals surface area contributed by atoms with Crippen LogP contribution in [-0.4, -0.2) is 40.0 Å². The van der Waals surface area contributed by atoms with Crippen LogP contribution in [0.5, 0.6) is 5.75 Å². The van der Waals surface area contributed by atoms with E-state index in [1.165, 1.54) is 5.56 Å². The number of aromatic nitrogens is 3. The van der Waals surface area contributed by atoms with Crippen molar-refractivity contribution >= 4 is 0 Å². The van der Waals surface area contributed by atoms with E-state index in [9.17, 15) is 0 Å². The van der Waals surface area contributed by atoms with Crippen LogP contribution in [0.1, 0.15) is 17.7 Å². The normalized spacial score (nSPS) is 14.4. The van der Waals surface area contributed by atoms with Crippen LogP contribution in [0.2, 0.25) is 0 Å². The first-order valence-corrected chi connectivity index (χ1v) is 8.65. The fourth-order valence-electron chi connectivity index (χ4n) is 3.34. The van der Waals surface area contributed by atoms with Gasteiger partial charge in [-0.3, -0.25) is 9.58 Å². The average molecular weight is 338 g/mol. The predicted octanol–water partition coefficient (Wildman–Crippen LogP) is 3.00. The molecule has 1 aromatic carbocycles. The Morgan fingerprint density at radius 3 is 3.04 bits per heavy atom. The fraction of sp³-hybridized carbons (Fsp3) is 0.368. The summed E-state index contributed by atoms with van der Waals surface area (Å²) in [6, 6.07) is 9.95. The van der Waals surface area contributed by atoms with Gasteiger partial charge in [0.25, 0.3) is 0 Å². The van der Waals surface area contributed by atoms with Gasteiger partial charge >= 0.3 is 0 Å². The third kappa shape index (κ3) is 3.44. The molecule has 3 heterocycles. The van der Waals surface area contributed by atoms with Gasteiger partial charge in [-0.05, 0) is 24.6 Å². The summed E-state index contributed by atoms with van der Waals surface area (Å²) in [7, 11) is 1.68. The molecule has 1 aliphatic rings. The Hall–Kier alpha value is -2.60. The van der Waals surface area contributed by atoms with Gasteiger partial charge in [0.2, 0.25) is 0 Å². The zero-order valence-electron chi connectivity index (χ0n) is 14.4. The van der Waals surface area contributed by atoms with Gasteiger partial charge in [0, 0.05) is 56.1 Å². The third-order valence-corrected chi connectivity index (χ3v) is 4.67. The summed E-state index contributed by atoms with van der Waals surface area (Å²) < 4.78 is 12.9. The third-order valence-electron chi connectivity index (χ3n) is 4.67. The summed E-state index contributed by atoms with van der Waals surface area (Å²) in [5.74, 6) is 1.85. The smallest absolute Gasteiger partial charge is 0.143 e. The Bertz CT molecular complexity index is 826. The Kier molecular flexibility index (Phi) is 4.52. The van der Waals surface area contributed by atoms with Crippen molar-refractivity contribution < 1.29 is 9.26 Å². The molecule has 0 unspecified atom stereocenters. The van der Waals surface area contributed by atoms with Crippen molar-refractivity contribution in [3.8, 4) is 17.0 Å². The Morgan fingerprint density at radius 1 is 1.24 bits per heavy atom. The lowest BCUT2D eigenvalue weighted by Gasteiger charge is -2.26. The summed E-state index contributed by atoms with van der Waals surface area (Å²) in [5.41, 5.74) is 3.19. The van der Waals surface area contributed by atoms with E-state index in [4.69, 9.17) is 9.26 Å². The summed E-state index contributed by atoms with van der Waals surface area (Å²) in [5, 5.41) is 8.59. The number of benzene rings is 1. The molecule has 4 rings (SSSR count). The lowest BCUT2D eigenvalue weighted by atomic mass is 10.0. The summed E-state index contributed by atoms with van der Waals surface area (Å²) >= 11 is 0. The first-order valence-electron chi connectivity index (χ1n) is 8.65. The van der Waals surface area contributed by atoms with Crippen molar-refractivity contribution in [3.05, 3.63) is 54.0 Å². The summed E-state index contributed by atoms with van der Waals surface area (Å²) in [4.78, 5) is 2.46. The van der Waals surface area contributed by atoms with E-state index in [1.54, 1.807) is 7.11 Å². The largest absolute Gasteiger partial charge is 0.497 e. The molecule has 0 N–H and O–H groups in total. The quantitative estimate of drug-likeness (QED) is 0.691. The van der Waals surface area contributed by atoms with E-state index in [1.807, 2.05) is 41.3 Å². The monoisotopic (exact) mass is 338 g/mol. The van der Waals surface area contributed by atoms with Crippen molar-refractivity contribution in [2.24, 2.45) is 0 Å². The standard InChI is InChI=1S/C19H22N4O2/c1-24-16-6-2-5-15(13-16)19-17-14-22(12-7-18(17)25-21-19)9-4-11-23-10-3-8-20-23/h2-3,5-6,8,10,13H,4,7,9,11-12,14H2,1H3. The van der Waals surface area contributed by atoms with Crippen LogP contribution in [0.25, 0.3) is 11.3 Å². The van der Waals surface area contributed by atoms with E-state index >= 15 is 0 Å². The van der Waals surface area contributed by atoms with Crippen LogP contribution in [0.15, 0.2) is 47.2 Å². The number of aryl methyl sites for hydroxylation is 1. The first-order chi connectivity index (χ1) is 12.3. The molecule has 6 nitrogen and oxygen atoms in total. The van der Waals surface area contributed by atoms with Crippen LogP contribution in [0.4, 0.5) is 0 Å². The van der Waals surface area contributed by atoms with Gasteiger partial charge in [-0.15, -0.1) is 0 Å². The number of rotatable bonds is 6. The highest BCUT2D eigenvalue weighted by atomic mass is 16.5. The van der Waals surface area contributed by atoms with E-state index in [0.717, 1.165) is 61.8 Å². The molecule has 0 bridgehead atoms. The predicted molar refractivity (Wildman–Crippen MR) is 94.3 cm³/mol. The van der Waals surface area contributed by atoms with Crippen LogP contribution in [0.3, 0.4) is 0 Å². The van der Waals surface area contributed by atoms with Crippen LogP contribution >= 0.6 is 0 Å². The van der Waals surface area contributed by atoms with E-state index in [0.29, 0.717) is 0 Å². The average Bonchev–Trinajstić information content (AvgIpc) is 3.31. The topological polar surface area (TPSA) is 56.3 Å². The SMILES string of the molecule is COc1cccc(-c2noc3c2CN(CCCn2cccn2)CC3)c1. The zero-order valence-corrected chi connectivity index (χ0v) is 14.4. The van der Waals surface area contributed by atoms with Crippen molar-refractivity contribution in [1.29, 1.82) is 0 Å². The number of fused-ring (bicyclic) bond motifs is 1. The number of methoxy groups -OCH3 is 1. The molecule has 0 saturated heterocycles. The lowest BCUT2D eigenvalue weighted by molar-refractivity contribution is 0.229. The molecule has 0 fully saturated rings. The van der Waals surface area contributed by atoms with E-state index < -0.39 is 0 Å². The second-order valence-corrected chi connectivity index (χ2v) is 6.31. The molecule has 0 spiro atoms. The summed E-state index contributed by atoms with van der Waals surface area (Å²) in [6.07, 6.45) is 5.82. The highest BCUT2D eigenvalue weighted by molar-refractivity contribution is 5.65. The number of hydrogen-bond acceptors (Lipinski definition) is 5. The highest BCUT2D eigenvalue weighted by Crippen LogP contribution is 2.31. The van der Waals surface area contributed by atoms with Crippen molar-refractivity contribution in [3.63, 3.8) is 0 Å². The van der Waals surface area contributed by atoms with Gasteiger partial charge in [0.15, 0.2) is 0 Å². The molecule has 0 aliphatic carbocycles. The molecular formula is C19H22N4O2. The molecule has 3 aromatic rings. The molecule has 0 radical (unpaired) electrons. The van der Waals surface area contributed by atoms with Crippen molar-refractivity contribution in [2.45, 2.75) is 25.9 Å². The van der Waals surface area contributed by atoms with E-state index in [-0.39, 0.29) is 0 Å². The van der Waals surface area contributed by atoms with Gasteiger partial charge in [-0.25, -0.2) is 0 Å². The second-order valence-electron chi connectivity index (χ2n) is 6.31. The Labute approximate surface area is 147 Å². The number of ether oxygens (including phenoxy) is 1. The molecular weight excluding hydrogens is 316 g/mol. The van der Waals surface area contributed by atoms with E-state index in [2.05, 4.69) is 21.2 Å². The minimum absolute atomic E-state index is 0.834. The minimum atomic E-state index is 0.834. The maximum absolute atomic E-state index is 5.60. The molecule has 0 atom stereocenters. The fourth-order valence-corrected chi connectivity index (χ4v) is 3.34. The Balaban J connectivity index is 1.45. The molecule has 2 aromatic heterocycles. The first kappa shape index (κ1) is 15.9. The summed E-state index contributed by atoms with van der Waals surface area (Å²) in [6.45, 7) is 3.88. The molecule has 130 valence electrons. The minimum Gasteiger partial charge on any atom is -0.497 e. The maximum Gasteiger partial charge on any atom is 0.143 e. The molecule has 1 aliphatic heterocycles. The Morgan fingerprint density at radius 2 is 2.20 bits per heavy atom. The molecule has 0 amide bonds. The van der Waals surface area contributed by atoms with Gasteiger partial charge in [-0.2, -0.15) is 5.10 Å². The van der Waals surface area contributed by atoms with Crippen molar-refractivity contribution in [1.82, 2.24) is 19.8 Å². The molecule has 25 heavy (non-hydrogen) atoms. The lowest BCUT2D eigenvalue weighted by Crippen LogP contribution is -2.31. The van der Waals surface area contributed by atoms with Gasteiger partial charge in [0.05, 0.1) is 7.11 Å². The molecule has 0 saturated carbocycles. The number of hydrogen-bond donors (Lipinski definition) is 0. The van der Waals surface area contributed by atoms with Gasteiger partial charge in [0.1, 0.15) is 17.2 Å². The second kappa shape index (κ2) is 7.11. The van der Waals surface area contributed by atoms with Crippen LogP contribution in [-0.2, 0) is 19.5 Å². The molecule has 6 heteroatoms. The maximum atomic E-state index is 5.60. The van der Waals surface area contributed by atoms with Crippen LogP contribution < -0.4 is 4.74 Å².